The number of aliphatic carboxylic acids is 1. The molecule has 0 aliphatic rings. The maximum absolute atomic E-state index is 10.3. The average Bonchev–Trinajstić information content (AvgIpc) is 1.97. The number of primary amides is 1. The molecule has 1 unspecified atom stereocenters. The largest absolute Gasteiger partial charge is 0.479 e. The minimum absolute atomic E-state index is 0.338. The average molecular weight is 192 g/mol. The van der Waals surface area contributed by atoms with Crippen LogP contribution >= 0.6 is 0 Å². The van der Waals surface area contributed by atoms with Crippen LogP contribution in [0.15, 0.2) is 0 Å². The van der Waals surface area contributed by atoms with E-state index >= 15 is 0 Å². The first-order valence-corrected chi connectivity index (χ1v) is 3.45. The normalized spacial score (nSPS) is 14.9. The van der Waals surface area contributed by atoms with E-state index in [2.05, 4.69) is 10.3 Å². The molecule has 1 atom stereocenters. The van der Waals surface area contributed by atoms with Crippen LogP contribution < -0.4 is 11.2 Å². The van der Waals surface area contributed by atoms with Crippen molar-refractivity contribution < 1.29 is 24.6 Å². The smallest absolute Gasteiger partial charge is 0.336 e. The Hall–Kier alpha value is -1.18. The lowest BCUT2D eigenvalue weighted by Gasteiger charge is -2.17. The van der Waals surface area contributed by atoms with Crippen molar-refractivity contribution in [3.63, 3.8) is 0 Å². The lowest BCUT2D eigenvalue weighted by molar-refractivity contribution is -0.159. The monoisotopic (exact) mass is 192 g/mol. The number of amides is 1. The van der Waals surface area contributed by atoms with Crippen molar-refractivity contribution in [3.05, 3.63) is 0 Å². The molecule has 0 aromatic heterocycles. The van der Waals surface area contributed by atoms with Crippen LogP contribution in [-0.2, 0) is 14.4 Å². The highest BCUT2D eigenvalue weighted by Gasteiger charge is 2.29. The van der Waals surface area contributed by atoms with Gasteiger partial charge in [0.25, 0.3) is 0 Å². The van der Waals surface area contributed by atoms with E-state index in [1.807, 2.05) is 0 Å². The van der Waals surface area contributed by atoms with Gasteiger partial charge in [0.15, 0.2) is 5.60 Å². The molecule has 0 saturated carbocycles. The number of carboxylic acid groups (broad SMARTS) is 1. The molecule has 1 amide bonds. The second kappa shape index (κ2) is 4.75. The van der Waals surface area contributed by atoms with Gasteiger partial charge in [0.2, 0.25) is 5.91 Å². The lowest BCUT2D eigenvalue weighted by atomic mass is 10.1. The number of aliphatic hydroxyl groups is 1. The van der Waals surface area contributed by atoms with Crippen LogP contribution in [0.3, 0.4) is 0 Å². The number of nitrogens with two attached hydrogens (primary N) is 1. The molecular weight excluding hydrogens is 180 g/mol. The Kier molecular flexibility index (Phi) is 4.32. The van der Waals surface area contributed by atoms with Crippen LogP contribution in [0.4, 0.5) is 0 Å². The van der Waals surface area contributed by atoms with Gasteiger partial charge in [-0.1, -0.05) is 0 Å². The highest BCUT2D eigenvalue weighted by Crippen LogP contribution is 2.00. The molecule has 0 aromatic carbocycles. The molecule has 0 aromatic rings. The number of carbonyl (C=O) groups excluding carboxylic acids is 1. The Morgan fingerprint density at radius 1 is 1.62 bits per heavy atom. The van der Waals surface area contributed by atoms with Crippen molar-refractivity contribution in [3.8, 4) is 0 Å². The van der Waals surface area contributed by atoms with Gasteiger partial charge in [-0.3, -0.25) is 9.63 Å². The minimum atomic E-state index is -1.93. The van der Waals surface area contributed by atoms with E-state index in [0.717, 1.165) is 6.92 Å². The van der Waals surface area contributed by atoms with Crippen molar-refractivity contribution in [2.24, 2.45) is 5.73 Å². The Morgan fingerprint density at radius 2 is 2.15 bits per heavy atom. The molecule has 0 bridgehead atoms. The molecule has 7 nitrogen and oxygen atoms in total. The number of carboxylic acids is 1. The summed E-state index contributed by atoms with van der Waals surface area (Å²) in [5.41, 5.74) is 4.89. The van der Waals surface area contributed by atoms with E-state index in [9.17, 15) is 9.59 Å². The van der Waals surface area contributed by atoms with Crippen LogP contribution in [0.5, 0.6) is 0 Å². The first-order valence-electron chi connectivity index (χ1n) is 3.45. The molecule has 7 heteroatoms. The van der Waals surface area contributed by atoms with Gasteiger partial charge in [0.05, 0.1) is 6.54 Å². The molecule has 0 saturated heterocycles. The second-order valence-electron chi connectivity index (χ2n) is 2.66. The van der Waals surface area contributed by atoms with Crippen LogP contribution in [0.25, 0.3) is 0 Å². The fraction of sp³-hybridized carbons (Fsp3) is 0.667. The van der Waals surface area contributed by atoms with Gasteiger partial charge < -0.3 is 15.9 Å². The number of hydrogen-bond donors (Lipinski definition) is 4. The molecule has 0 fully saturated rings. The number of nitrogens with one attached hydrogen (secondary N) is 1. The summed E-state index contributed by atoms with van der Waals surface area (Å²) in [7, 11) is 0. The van der Waals surface area contributed by atoms with E-state index in [4.69, 9.17) is 15.9 Å². The SMILES string of the molecule is CC(O)(CNOCC(N)=O)C(=O)O. The second-order valence-corrected chi connectivity index (χ2v) is 2.66. The van der Waals surface area contributed by atoms with Gasteiger partial charge in [-0.2, -0.15) is 5.48 Å². The molecule has 0 radical (unpaired) electrons. The predicted octanol–water partition coefficient (Wildman–Crippen LogP) is -2.17. The van der Waals surface area contributed by atoms with Crippen molar-refractivity contribution in [2.75, 3.05) is 13.2 Å². The summed E-state index contributed by atoms with van der Waals surface area (Å²) in [6.07, 6.45) is 0. The quantitative estimate of drug-likeness (QED) is 0.280. The topological polar surface area (TPSA) is 122 Å². The first kappa shape index (κ1) is 11.8. The van der Waals surface area contributed by atoms with Gasteiger partial charge in [-0.05, 0) is 6.92 Å². The van der Waals surface area contributed by atoms with Crippen molar-refractivity contribution in [1.82, 2.24) is 5.48 Å². The van der Waals surface area contributed by atoms with Gasteiger partial charge in [0, 0.05) is 0 Å². The summed E-state index contributed by atoms with van der Waals surface area (Å²) in [5.74, 6) is -2.08. The predicted molar refractivity (Wildman–Crippen MR) is 41.4 cm³/mol. The summed E-state index contributed by atoms with van der Waals surface area (Å²) < 4.78 is 0. The van der Waals surface area contributed by atoms with Crippen molar-refractivity contribution >= 4 is 11.9 Å². The Labute approximate surface area is 74.4 Å². The van der Waals surface area contributed by atoms with E-state index in [-0.39, 0.29) is 13.2 Å². The van der Waals surface area contributed by atoms with Gasteiger partial charge in [-0.25, -0.2) is 4.79 Å². The first-order chi connectivity index (χ1) is 5.86. The lowest BCUT2D eigenvalue weighted by Crippen LogP contribution is -2.45. The fourth-order valence-electron chi connectivity index (χ4n) is 0.389. The molecule has 0 spiro atoms. The summed E-state index contributed by atoms with van der Waals surface area (Å²) in [5, 5.41) is 17.5. The van der Waals surface area contributed by atoms with E-state index in [1.165, 1.54) is 0 Å². The molecule has 13 heavy (non-hydrogen) atoms. The van der Waals surface area contributed by atoms with Gasteiger partial charge >= 0.3 is 5.97 Å². The van der Waals surface area contributed by atoms with Crippen molar-refractivity contribution in [1.29, 1.82) is 0 Å². The van der Waals surface area contributed by atoms with E-state index in [1.54, 1.807) is 0 Å². The number of carbonyl (C=O) groups is 2. The molecule has 76 valence electrons. The third-order valence-electron chi connectivity index (χ3n) is 1.19. The zero-order valence-corrected chi connectivity index (χ0v) is 7.11. The van der Waals surface area contributed by atoms with Crippen LogP contribution in [-0.4, -0.2) is 40.8 Å². The molecule has 0 rings (SSSR count). The third-order valence-corrected chi connectivity index (χ3v) is 1.19. The minimum Gasteiger partial charge on any atom is -0.479 e. The number of hydroxylamine groups is 1. The Balaban J connectivity index is 3.64. The molecule has 0 heterocycles. The van der Waals surface area contributed by atoms with E-state index in [0.29, 0.717) is 0 Å². The van der Waals surface area contributed by atoms with Crippen LogP contribution in [0, 0.1) is 0 Å². The summed E-state index contributed by atoms with van der Waals surface area (Å²) in [6, 6.07) is 0. The maximum Gasteiger partial charge on any atom is 0.336 e. The highest BCUT2D eigenvalue weighted by atomic mass is 16.6. The van der Waals surface area contributed by atoms with Gasteiger partial charge in [-0.15, -0.1) is 0 Å². The standard InChI is InChI=1S/C6H12N2O5/c1-6(12,5(10)11)3-8-13-2-4(7)9/h8,12H,2-3H2,1H3,(H2,7,9)(H,10,11). The molecule has 5 N–H and O–H groups in total. The zero-order chi connectivity index (χ0) is 10.5. The molecule has 0 aliphatic carbocycles. The highest BCUT2D eigenvalue weighted by molar-refractivity contribution is 5.76. The third kappa shape index (κ3) is 5.12. The fourth-order valence-corrected chi connectivity index (χ4v) is 0.389. The summed E-state index contributed by atoms with van der Waals surface area (Å²) in [4.78, 5) is 24.9. The summed E-state index contributed by atoms with van der Waals surface area (Å²) >= 11 is 0. The summed E-state index contributed by atoms with van der Waals surface area (Å²) in [6.45, 7) is 0.376. The number of hydrogen-bond acceptors (Lipinski definition) is 5. The number of rotatable bonds is 6. The van der Waals surface area contributed by atoms with Crippen LogP contribution in [0.1, 0.15) is 6.92 Å². The zero-order valence-electron chi connectivity index (χ0n) is 7.11. The Bertz CT molecular complexity index is 203. The van der Waals surface area contributed by atoms with Crippen LogP contribution in [0.2, 0.25) is 0 Å². The Morgan fingerprint density at radius 3 is 2.54 bits per heavy atom. The van der Waals surface area contributed by atoms with Crippen molar-refractivity contribution in [2.45, 2.75) is 12.5 Å². The van der Waals surface area contributed by atoms with E-state index < -0.39 is 17.5 Å². The maximum atomic E-state index is 10.3. The molecular formula is C6H12N2O5. The van der Waals surface area contributed by atoms with Gasteiger partial charge in [0.1, 0.15) is 6.61 Å². The molecule has 0 aliphatic heterocycles.